The molecule has 2 aromatic rings. The number of benzene rings is 1. The van der Waals surface area contributed by atoms with Crippen molar-refractivity contribution in [3.8, 4) is 17.4 Å². The molecule has 2 rings (SSSR count). The van der Waals surface area contributed by atoms with E-state index in [4.69, 9.17) is 14.2 Å². The minimum atomic E-state index is -0.690. The summed E-state index contributed by atoms with van der Waals surface area (Å²) in [6.45, 7) is 6.08. The van der Waals surface area contributed by atoms with E-state index in [0.29, 0.717) is 35.7 Å². The maximum Gasteiger partial charge on any atom is 0.416 e. The van der Waals surface area contributed by atoms with Gasteiger partial charge in [0.05, 0.1) is 24.5 Å². The van der Waals surface area contributed by atoms with E-state index < -0.39 is 16.7 Å². The van der Waals surface area contributed by atoms with Crippen LogP contribution in [0.3, 0.4) is 0 Å². The number of hydrogen-bond acceptors (Lipinski definition) is 7. The summed E-state index contributed by atoms with van der Waals surface area (Å²) in [6.07, 6.45) is -0.690. The molecule has 0 bridgehead atoms. The lowest BCUT2D eigenvalue weighted by Crippen LogP contribution is -2.33. The van der Waals surface area contributed by atoms with Gasteiger partial charge in [-0.3, -0.25) is 10.1 Å². The third-order valence-electron chi connectivity index (χ3n) is 4.03. The average Bonchev–Trinajstić information content (AvgIpc) is 2.61. The van der Waals surface area contributed by atoms with Crippen molar-refractivity contribution in [3.05, 3.63) is 27.9 Å². The van der Waals surface area contributed by atoms with Crippen LogP contribution >= 0.6 is 0 Å². The fourth-order valence-corrected chi connectivity index (χ4v) is 2.63. The summed E-state index contributed by atoms with van der Waals surface area (Å²) in [5.41, 5.74) is 0.0703. The van der Waals surface area contributed by atoms with Crippen LogP contribution in [0.15, 0.2) is 12.1 Å². The molecule has 9 nitrogen and oxygen atoms in total. The highest BCUT2D eigenvalue weighted by Crippen LogP contribution is 2.41. The molecular weight excluding hydrogens is 342 g/mol. The molecule has 0 saturated carbocycles. The first-order chi connectivity index (χ1) is 12.4. The third-order valence-corrected chi connectivity index (χ3v) is 4.03. The molecule has 0 aliphatic rings. The largest absolute Gasteiger partial charge is 0.493 e. The second-order valence-corrected chi connectivity index (χ2v) is 5.40. The molecule has 0 spiro atoms. The molecule has 1 amide bonds. The lowest BCUT2D eigenvalue weighted by Gasteiger charge is -2.18. The van der Waals surface area contributed by atoms with E-state index in [1.165, 1.54) is 25.2 Å². The number of aryl methyl sites for hydroxylation is 1. The molecule has 1 aromatic carbocycles. The number of methoxy groups -OCH3 is 2. The minimum Gasteiger partial charge on any atom is -0.493 e. The summed E-state index contributed by atoms with van der Waals surface area (Å²) in [5, 5.41) is 12.4. The van der Waals surface area contributed by atoms with Gasteiger partial charge in [-0.05, 0) is 32.9 Å². The Balaban J connectivity index is 2.70. The standard InChI is InChI=1S/C17H21N3O6/c1-6-19(7-2)17(21)26-16-15(20(22)23)12-9-14(25-5)13(24-4)8-11(12)10(3)18-16/h8-9H,6-7H2,1-5H3. The van der Waals surface area contributed by atoms with E-state index in [1.54, 1.807) is 26.8 Å². The number of ether oxygens (including phenoxy) is 3. The molecule has 1 heterocycles. The normalized spacial score (nSPS) is 10.5. The number of rotatable bonds is 6. The number of carbonyl (C=O) groups excluding carboxylic acids is 1. The van der Waals surface area contributed by atoms with Crippen LogP contribution < -0.4 is 14.2 Å². The molecule has 1 aromatic heterocycles. The summed E-state index contributed by atoms with van der Waals surface area (Å²) in [5.74, 6) is 0.408. The van der Waals surface area contributed by atoms with Crippen LogP contribution in [-0.2, 0) is 0 Å². The van der Waals surface area contributed by atoms with Crippen LogP contribution in [0, 0.1) is 17.0 Å². The first-order valence-corrected chi connectivity index (χ1v) is 8.05. The highest BCUT2D eigenvalue weighted by atomic mass is 16.6. The summed E-state index contributed by atoms with van der Waals surface area (Å²) in [6, 6.07) is 3.09. The summed E-state index contributed by atoms with van der Waals surface area (Å²) >= 11 is 0. The molecule has 0 unspecified atom stereocenters. The molecule has 140 valence electrons. The van der Waals surface area contributed by atoms with Crippen LogP contribution in [0.4, 0.5) is 10.5 Å². The SMILES string of the molecule is CCN(CC)C(=O)Oc1nc(C)c2cc(OC)c(OC)cc2c1[N+](=O)[O-]. The van der Waals surface area contributed by atoms with Gasteiger partial charge < -0.3 is 19.1 Å². The molecule has 0 fully saturated rings. The molecule has 0 aliphatic carbocycles. The number of hydrogen-bond donors (Lipinski definition) is 0. The van der Waals surface area contributed by atoms with Gasteiger partial charge >= 0.3 is 17.7 Å². The van der Waals surface area contributed by atoms with Gasteiger partial charge in [-0.2, -0.15) is 0 Å². The smallest absolute Gasteiger partial charge is 0.416 e. The number of nitro groups is 1. The summed E-state index contributed by atoms with van der Waals surface area (Å²) < 4.78 is 15.7. The molecule has 0 N–H and O–H groups in total. The van der Waals surface area contributed by atoms with Crippen LogP contribution in [0.2, 0.25) is 0 Å². The second kappa shape index (κ2) is 7.85. The van der Waals surface area contributed by atoms with E-state index in [9.17, 15) is 14.9 Å². The number of carbonyl (C=O) groups is 1. The van der Waals surface area contributed by atoms with Gasteiger partial charge in [0.15, 0.2) is 11.5 Å². The molecule has 0 radical (unpaired) electrons. The summed E-state index contributed by atoms with van der Waals surface area (Å²) in [4.78, 5) is 28.8. The van der Waals surface area contributed by atoms with E-state index in [0.717, 1.165) is 0 Å². The van der Waals surface area contributed by atoms with Gasteiger partial charge in [-0.25, -0.2) is 9.78 Å². The topological polar surface area (TPSA) is 104 Å². The highest BCUT2D eigenvalue weighted by Gasteiger charge is 2.28. The lowest BCUT2D eigenvalue weighted by molar-refractivity contribution is -0.384. The average molecular weight is 363 g/mol. The van der Waals surface area contributed by atoms with Gasteiger partial charge in [0.25, 0.3) is 0 Å². The van der Waals surface area contributed by atoms with Crippen LogP contribution in [-0.4, -0.2) is 48.2 Å². The van der Waals surface area contributed by atoms with E-state index in [-0.39, 0.29) is 11.3 Å². The Morgan fingerprint density at radius 1 is 1.15 bits per heavy atom. The zero-order valence-corrected chi connectivity index (χ0v) is 15.4. The van der Waals surface area contributed by atoms with Gasteiger partial charge in [0.2, 0.25) is 0 Å². The zero-order chi connectivity index (χ0) is 19.4. The Morgan fingerprint density at radius 2 is 1.69 bits per heavy atom. The molecule has 9 heteroatoms. The monoisotopic (exact) mass is 363 g/mol. The minimum absolute atomic E-state index is 0.252. The Labute approximate surface area is 150 Å². The van der Waals surface area contributed by atoms with Gasteiger partial charge in [0, 0.05) is 24.2 Å². The van der Waals surface area contributed by atoms with Crippen molar-refractivity contribution in [2.45, 2.75) is 20.8 Å². The maximum absolute atomic E-state index is 12.2. The van der Waals surface area contributed by atoms with Crippen molar-refractivity contribution in [3.63, 3.8) is 0 Å². The van der Waals surface area contributed by atoms with Crippen molar-refractivity contribution in [2.75, 3.05) is 27.3 Å². The molecular formula is C17H21N3O6. The van der Waals surface area contributed by atoms with Crippen LogP contribution in [0.25, 0.3) is 10.8 Å². The van der Waals surface area contributed by atoms with Gasteiger partial charge in [-0.15, -0.1) is 0 Å². The molecule has 0 saturated heterocycles. The van der Waals surface area contributed by atoms with Crippen LogP contribution in [0.1, 0.15) is 19.5 Å². The Kier molecular flexibility index (Phi) is 5.81. The highest BCUT2D eigenvalue weighted by molar-refractivity contribution is 5.97. The maximum atomic E-state index is 12.2. The van der Waals surface area contributed by atoms with Crippen molar-refractivity contribution in [2.24, 2.45) is 0 Å². The number of pyridine rings is 1. The van der Waals surface area contributed by atoms with Crippen molar-refractivity contribution in [1.29, 1.82) is 0 Å². The summed E-state index contributed by atoms with van der Waals surface area (Å²) in [7, 11) is 2.91. The number of amides is 1. The number of fused-ring (bicyclic) bond motifs is 1. The van der Waals surface area contributed by atoms with Crippen molar-refractivity contribution < 1.29 is 23.9 Å². The predicted octanol–water partition coefficient (Wildman–Crippen LogP) is 3.31. The Morgan fingerprint density at radius 3 is 2.15 bits per heavy atom. The fraction of sp³-hybridized carbons (Fsp3) is 0.412. The van der Waals surface area contributed by atoms with Crippen molar-refractivity contribution in [1.82, 2.24) is 9.88 Å². The first kappa shape index (κ1) is 19.2. The van der Waals surface area contributed by atoms with Crippen molar-refractivity contribution >= 4 is 22.6 Å². The Bertz CT molecular complexity index is 848. The van der Waals surface area contributed by atoms with Gasteiger partial charge in [0.1, 0.15) is 0 Å². The van der Waals surface area contributed by atoms with E-state index in [1.807, 2.05) is 0 Å². The second-order valence-electron chi connectivity index (χ2n) is 5.40. The molecule has 0 aliphatic heterocycles. The molecule has 26 heavy (non-hydrogen) atoms. The molecule has 0 atom stereocenters. The van der Waals surface area contributed by atoms with Crippen LogP contribution in [0.5, 0.6) is 17.4 Å². The fourth-order valence-electron chi connectivity index (χ4n) is 2.63. The first-order valence-electron chi connectivity index (χ1n) is 8.05. The van der Waals surface area contributed by atoms with E-state index >= 15 is 0 Å². The van der Waals surface area contributed by atoms with Gasteiger partial charge in [-0.1, -0.05) is 0 Å². The third kappa shape index (κ3) is 3.46. The Hall–Kier alpha value is -3.10. The lowest BCUT2D eigenvalue weighted by atomic mass is 10.1. The number of aromatic nitrogens is 1. The van der Waals surface area contributed by atoms with E-state index in [2.05, 4.69) is 4.98 Å². The number of nitrogens with zero attached hydrogens (tertiary/aromatic N) is 3. The predicted molar refractivity (Wildman–Crippen MR) is 95.2 cm³/mol. The quantitative estimate of drug-likeness (QED) is 0.573. The zero-order valence-electron chi connectivity index (χ0n) is 15.4.